The highest BCUT2D eigenvalue weighted by Crippen LogP contribution is 2.34. The summed E-state index contributed by atoms with van der Waals surface area (Å²) in [6.07, 6.45) is 0.865. The predicted molar refractivity (Wildman–Crippen MR) is 74.6 cm³/mol. The molecule has 3 nitrogen and oxygen atoms in total. The van der Waals surface area contributed by atoms with Crippen molar-refractivity contribution in [3.63, 3.8) is 0 Å². The maximum absolute atomic E-state index is 14.1. The number of hydrogen-bond donors (Lipinski definition) is 1. The van der Waals surface area contributed by atoms with Gasteiger partial charge in [-0.05, 0) is 29.3 Å². The molecule has 104 valence electrons. The van der Waals surface area contributed by atoms with Crippen molar-refractivity contribution in [1.29, 1.82) is 0 Å². The second-order valence-electron chi connectivity index (χ2n) is 4.80. The van der Waals surface area contributed by atoms with Crippen LogP contribution in [0.2, 0.25) is 0 Å². The van der Waals surface area contributed by atoms with Crippen molar-refractivity contribution >= 4 is 0 Å². The number of fused-ring (bicyclic) bond motifs is 1. The zero-order valence-corrected chi connectivity index (χ0v) is 11.2. The Morgan fingerprint density at radius 1 is 1.30 bits per heavy atom. The normalized spacial score (nSPS) is 14.6. The minimum atomic E-state index is -0.558. The van der Waals surface area contributed by atoms with E-state index in [0.717, 1.165) is 23.3 Å². The second-order valence-corrected chi connectivity index (χ2v) is 4.80. The number of nitrogens with two attached hydrogens (primary N) is 1. The summed E-state index contributed by atoms with van der Waals surface area (Å²) in [5.41, 5.74) is 8.59. The van der Waals surface area contributed by atoms with Crippen molar-refractivity contribution in [2.24, 2.45) is 5.73 Å². The summed E-state index contributed by atoms with van der Waals surface area (Å²) in [4.78, 5) is 0. The van der Waals surface area contributed by atoms with Crippen LogP contribution in [-0.4, -0.2) is 13.7 Å². The highest BCUT2D eigenvalue weighted by Gasteiger charge is 2.21. The Hall–Kier alpha value is -2.07. The fourth-order valence-electron chi connectivity index (χ4n) is 2.56. The monoisotopic (exact) mass is 273 g/mol. The Labute approximate surface area is 117 Å². The lowest BCUT2D eigenvalue weighted by atomic mass is 9.96. The molecule has 0 spiro atoms. The van der Waals surface area contributed by atoms with E-state index < -0.39 is 6.04 Å². The van der Waals surface area contributed by atoms with Gasteiger partial charge in [-0.25, -0.2) is 4.39 Å². The first kappa shape index (κ1) is 12.9. The van der Waals surface area contributed by atoms with E-state index in [1.54, 1.807) is 12.1 Å². The summed E-state index contributed by atoms with van der Waals surface area (Å²) < 4.78 is 24.7. The van der Waals surface area contributed by atoms with Crippen molar-refractivity contribution in [1.82, 2.24) is 0 Å². The summed E-state index contributed by atoms with van der Waals surface area (Å²) >= 11 is 0. The van der Waals surface area contributed by atoms with Crippen LogP contribution in [0.25, 0.3) is 0 Å². The average Bonchev–Trinajstić information content (AvgIpc) is 2.93. The van der Waals surface area contributed by atoms with Gasteiger partial charge in [0.05, 0.1) is 25.3 Å². The van der Waals surface area contributed by atoms with E-state index >= 15 is 0 Å². The molecule has 0 saturated heterocycles. The van der Waals surface area contributed by atoms with E-state index in [2.05, 4.69) is 0 Å². The first-order valence-electron chi connectivity index (χ1n) is 6.54. The molecule has 0 amide bonds. The van der Waals surface area contributed by atoms with Crippen LogP contribution < -0.4 is 15.2 Å². The van der Waals surface area contributed by atoms with Crippen LogP contribution >= 0.6 is 0 Å². The Kier molecular flexibility index (Phi) is 3.32. The number of hydrogen-bond acceptors (Lipinski definition) is 3. The molecule has 1 aliphatic heterocycles. The number of rotatable bonds is 3. The maximum Gasteiger partial charge on any atom is 0.132 e. The van der Waals surface area contributed by atoms with Crippen molar-refractivity contribution in [2.75, 3.05) is 13.7 Å². The minimum absolute atomic E-state index is 0.353. The van der Waals surface area contributed by atoms with Crippen LogP contribution in [0.4, 0.5) is 4.39 Å². The van der Waals surface area contributed by atoms with Crippen LogP contribution in [0.1, 0.15) is 22.7 Å². The van der Waals surface area contributed by atoms with Gasteiger partial charge in [0.1, 0.15) is 17.3 Å². The number of halogens is 1. The summed E-state index contributed by atoms with van der Waals surface area (Å²) in [5.74, 6) is 1.00. The Morgan fingerprint density at radius 2 is 2.15 bits per heavy atom. The van der Waals surface area contributed by atoms with Crippen LogP contribution in [0.3, 0.4) is 0 Å². The Morgan fingerprint density at radius 3 is 2.95 bits per heavy atom. The third kappa shape index (κ3) is 2.12. The summed E-state index contributed by atoms with van der Waals surface area (Å²) in [6.45, 7) is 0.692. The van der Waals surface area contributed by atoms with Gasteiger partial charge in [-0.1, -0.05) is 18.2 Å². The molecule has 0 aliphatic carbocycles. The molecule has 1 atom stereocenters. The molecular formula is C16H16FNO2. The van der Waals surface area contributed by atoms with Crippen LogP contribution in [-0.2, 0) is 6.42 Å². The lowest BCUT2D eigenvalue weighted by Crippen LogP contribution is -2.15. The van der Waals surface area contributed by atoms with Crippen molar-refractivity contribution in [3.05, 3.63) is 58.9 Å². The quantitative estimate of drug-likeness (QED) is 0.935. The van der Waals surface area contributed by atoms with Crippen LogP contribution in [0.15, 0.2) is 36.4 Å². The highest BCUT2D eigenvalue weighted by atomic mass is 19.1. The molecule has 2 aromatic carbocycles. The van der Waals surface area contributed by atoms with Gasteiger partial charge in [-0.2, -0.15) is 0 Å². The van der Waals surface area contributed by atoms with Gasteiger partial charge < -0.3 is 15.2 Å². The van der Waals surface area contributed by atoms with E-state index in [0.29, 0.717) is 17.9 Å². The van der Waals surface area contributed by atoms with Gasteiger partial charge in [-0.3, -0.25) is 0 Å². The molecule has 1 aliphatic rings. The lowest BCUT2D eigenvalue weighted by Gasteiger charge is -2.17. The maximum atomic E-state index is 14.1. The molecule has 2 aromatic rings. The summed E-state index contributed by atoms with van der Waals surface area (Å²) in [6, 6.07) is 9.92. The average molecular weight is 273 g/mol. The highest BCUT2D eigenvalue weighted by molar-refractivity contribution is 5.46. The zero-order valence-electron chi connectivity index (χ0n) is 11.2. The molecule has 20 heavy (non-hydrogen) atoms. The van der Waals surface area contributed by atoms with Crippen LogP contribution in [0.5, 0.6) is 11.5 Å². The predicted octanol–water partition coefficient (Wildman–Crippen LogP) is 2.82. The van der Waals surface area contributed by atoms with Crippen molar-refractivity contribution < 1.29 is 13.9 Å². The van der Waals surface area contributed by atoms with E-state index in [4.69, 9.17) is 15.2 Å². The van der Waals surface area contributed by atoms with Crippen molar-refractivity contribution in [3.8, 4) is 11.5 Å². The van der Waals surface area contributed by atoms with Gasteiger partial charge in [0, 0.05) is 6.42 Å². The molecule has 4 heteroatoms. The van der Waals surface area contributed by atoms with E-state index in [1.807, 2.05) is 18.2 Å². The van der Waals surface area contributed by atoms with Gasteiger partial charge in [0.2, 0.25) is 0 Å². The molecule has 0 radical (unpaired) electrons. The van der Waals surface area contributed by atoms with Gasteiger partial charge in [-0.15, -0.1) is 0 Å². The van der Waals surface area contributed by atoms with Crippen molar-refractivity contribution in [2.45, 2.75) is 12.5 Å². The largest absolute Gasteiger partial charge is 0.496 e. The molecule has 0 fully saturated rings. The molecule has 0 bridgehead atoms. The Bertz CT molecular complexity index is 642. The standard InChI is InChI=1S/C16H16FNO2/c1-19-14-4-2-3-12(17)15(14)16(18)11-5-6-13-10(9-11)7-8-20-13/h2-6,9,16H,7-8,18H2,1H3. The second kappa shape index (κ2) is 5.13. The summed E-state index contributed by atoms with van der Waals surface area (Å²) in [5, 5.41) is 0. The molecule has 1 heterocycles. The Balaban J connectivity index is 2.02. The number of benzene rings is 2. The minimum Gasteiger partial charge on any atom is -0.496 e. The summed E-state index contributed by atoms with van der Waals surface area (Å²) in [7, 11) is 1.52. The smallest absolute Gasteiger partial charge is 0.132 e. The van der Waals surface area contributed by atoms with E-state index in [-0.39, 0.29) is 5.82 Å². The molecule has 0 saturated carbocycles. The molecule has 2 N–H and O–H groups in total. The van der Waals surface area contributed by atoms with Gasteiger partial charge >= 0.3 is 0 Å². The zero-order chi connectivity index (χ0) is 14.1. The topological polar surface area (TPSA) is 44.5 Å². The fraction of sp³-hybridized carbons (Fsp3) is 0.250. The molecule has 1 unspecified atom stereocenters. The molecule has 0 aromatic heterocycles. The van der Waals surface area contributed by atoms with E-state index in [9.17, 15) is 4.39 Å². The van der Waals surface area contributed by atoms with Gasteiger partial charge in [0.25, 0.3) is 0 Å². The first-order valence-corrected chi connectivity index (χ1v) is 6.54. The number of methoxy groups -OCH3 is 1. The third-order valence-electron chi connectivity index (χ3n) is 3.62. The van der Waals surface area contributed by atoms with E-state index in [1.165, 1.54) is 13.2 Å². The lowest BCUT2D eigenvalue weighted by molar-refractivity contribution is 0.357. The van der Waals surface area contributed by atoms with Crippen LogP contribution in [0, 0.1) is 5.82 Å². The third-order valence-corrected chi connectivity index (χ3v) is 3.62. The fourth-order valence-corrected chi connectivity index (χ4v) is 2.56. The first-order chi connectivity index (χ1) is 9.70. The SMILES string of the molecule is COc1cccc(F)c1C(N)c1ccc2c(c1)CCO2. The molecular weight excluding hydrogens is 257 g/mol. The van der Waals surface area contributed by atoms with Gasteiger partial charge in [0.15, 0.2) is 0 Å². The number of ether oxygens (including phenoxy) is 2. The molecule has 3 rings (SSSR count).